The Morgan fingerprint density at radius 1 is 1.23 bits per heavy atom. The van der Waals surface area contributed by atoms with Gasteiger partial charge in [0.2, 0.25) is 5.91 Å². The molecule has 22 heavy (non-hydrogen) atoms. The summed E-state index contributed by atoms with van der Waals surface area (Å²) >= 11 is 1.40. The third-order valence-corrected chi connectivity index (χ3v) is 3.72. The molecular weight excluding hydrogens is 310 g/mol. The molecule has 9 heteroatoms. The number of carbonyl (C=O) groups excluding carboxylic acids is 1. The zero-order valence-corrected chi connectivity index (χ0v) is 13.8. The first kappa shape index (κ1) is 21.1. The zero-order chi connectivity index (χ0) is 17.1. The summed E-state index contributed by atoms with van der Waals surface area (Å²) in [5.41, 5.74) is 11.0. The van der Waals surface area contributed by atoms with Crippen molar-refractivity contribution in [3.05, 3.63) is 0 Å². The molecule has 0 bridgehead atoms. The van der Waals surface area contributed by atoms with Crippen molar-refractivity contribution in [2.75, 3.05) is 24.7 Å². The summed E-state index contributed by atoms with van der Waals surface area (Å²) in [6, 6.07) is -1.63. The molecule has 0 radical (unpaired) electrons. The van der Waals surface area contributed by atoms with E-state index in [0.717, 1.165) is 0 Å². The number of nitrogens with one attached hydrogen (secondary N) is 1. The fraction of sp³-hybridized carbons (Fsp3) is 0.846. The van der Waals surface area contributed by atoms with Crippen LogP contribution in [0.3, 0.4) is 0 Å². The second-order valence-corrected chi connectivity index (χ2v) is 6.42. The Hall–Kier alpha value is -0.870. The van der Waals surface area contributed by atoms with E-state index in [9.17, 15) is 14.7 Å². The van der Waals surface area contributed by atoms with Crippen LogP contribution >= 0.6 is 11.8 Å². The summed E-state index contributed by atoms with van der Waals surface area (Å²) in [5.74, 6) is -0.375. The maximum atomic E-state index is 11.5. The summed E-state index contributed by atoms with van der Waals surface area (Å²) in [4.78, 5) is 22.0. The monoisotopic (exact) mass is 337 g/mol. The molecule has 0 aromatic rings. The number of ether oxygens (including phenoxy) is 1. The van der Waals surface area contributed by atoms with Gasteiger partial charge in [0.05, 0.1) is 19.3 Å². The standard InChI is InChI=1S/C13H27N3O5S/c1-8(2)16-12(18)11(15)6-21-5-9(17)7-22-4-3-10(14)13(19)20/h8-11,17H,3-7,14-15H2,1-2H3,(H,16,18)(H,19,20)/t9?,10-,11?/m0/s1. The minimum Gasteiger partial charge on any atom is -0.480 e. The normalized spacial score (nSPS) is 15.4. The van der Waals surface area contributed by atoms with Gasteiger partial charge in [-0.2, -0.15) is 11.8 Å². The van der Waals surface area contributed by atoms with Gasteiger partial charge in [-0.25, -0.2) is 0 Å². The van der Waals surface area contributed by atoms with Crippen molar-refractivity contribution in [2.45, 2.75) is 44.5 Å². The van der Waals surface area contributed by atoms with Gasteiger partial charge in [-0.15, -0.1) is 0 Å². The van der Waals surface area contributed by atoms with Gasteiger partial charge in [-0.05, 0) is 26.0 Å². The van der Waals surface area contributed by atoms with Gasteiger partial charge in [-0.3, -0.25) is 9.59 Å². The van der Waals surface area contributed by atoms with E-state index in [1.807, 2.05) is 13.8 Å². The number of hydrogen-bond acceptors (Lipinski definition) is 7. The van der Waals surface area contributed by atoms with Crippen LogP contribution in [0.5, 0.6) is 0 Å². The van der Waals surface area contributed by atoms with E-state index in [4.69, 9.17) is 21.3 Å². The molecule has 0 saturated carbocycles. The molecule has 0 aliphatic rings. The van der Waals surface area contributed by atoms with E-state index in [2.05, 4.69) is 5.32 Å². The molecule has 1 amide bonds. The number of aliphatic hydroxyl groups excluding tert-OH is 1. The molecule has 2 unspecified atom stereocenters. The number of aliphatic hydroxyl groups is 1. The van der Waals surface area contributed by atoms with Crippen LogP contribution in [0.4, 0.5) is 0 Å². The topological polar surface area (TPSA) is 148 Å². The van der Waals surface area contributed by atoms with Gasteiger partial charge in [0.15, 0.2) is 0 Å². The molecule has 7 N–H and O–H groups in total. The Bertz CT molecular complexity index is 344. The molecule has 0 aromatic carbocycles. The molecule has 0 heterocycles. The van der Waals surface area contributed by atoms with Crippen LogP contribution in [0, 0.1) is 0 Å². The summed E-state index contributed by atoms with van der Waals surface area (Å²) < 4.78 is 5.21. The van der Waals surface area contributed by atoms with Crippen LogP contribution in [0.2, 0.25) is 0 Å². The quantitative estimate of drug-likeness (QED) is 0.277. The molecule has 8 nitrogen and oxygen atoms in total. The van der Waals surface area contributed by atoms with E-state index in [1.54, 1.807) is 0 Å². The predicted octanol–water partition coefficient (Wildman–Crippen LogP) is -1.25. The lowest BCUT2D eigenvalue weighted by molar-refractivity contribution is -0.138. The Kier molecular flexibility index (Phi) is 11.2. The number of thioether (sulfide) groups is 1. The van der Waals surface area contributed by atoms with Crippen molar-refractivity contribution in [3.63, 3.8) is 0 Å². The Balaban J connectivity index is 3.67. The van der Waals surface area contributed by atoms with Crippen LogP contribution in [-0.2, 0) is 14.3 Å². The Morgan fingerprint density at radius 3 is 2.41 bits per heavy atom. The molecule has 0 rings (SSSR count). The fourth-order valence-electron chi connectivity index (χ4n) is 1.40. The van der Waals surface area contributed by atoms with Crippen molar-refractivity contribution >= 4 is 23.6 Å². The van der Waals surface area contributed by atoms with Gasteiger partial charge < -0.3 is 31.7 Å². The highest BCUT2D eigenvalue weighted by Gasteiger charge is 2.15. The average molecular weight is 337 g/mol. The van der Waals surface area contributed by atoms with E-state index in [0.29, 0.717) is 17.9 Å². The smallest absolute Gasteiger partial charge is 0.320 e. The average Bonchev–Trinajstić information content (AvgIpc) is 2.42. The van der Waals surface area contributed by atoms with Crippen molar-refractivity contribution in [2.24, 2.45) is 11.5 Å². The molecule has 0 aliphatic carbocycles. The second kappa shape index (κ2) is 11.7. The number of carboxylic acids is 1. The maximum Gasteiger partial charge on any atom is 0.320 e. The van der Waals surface area contributed by atoms with Gasteiger partial charge in [0.25, 0.3) is 0 Å². The minimum absolute atomic E-state index is 0.0118. The van der Waals surface area contributed by atoms with Crippen LogP contribution in [-0.4, -0.2) is 71.0 Å². The number of aliphatic carboxylic acids is 1. The molecule has 3 atom stereocenters. The first-order valence-corrected chi connectivity index (χ1v) is 8.27. The van der Waals surface area contributed by atoms with Gasteiger partial charge in [0, 0.05) is 11.8 Å². The minimum atomic E-state index is -1.03. The third kappa shape index (κ3) is 10.8. The molecule has 0 saturated heterocycles. The first-order chi connectivity index (χ1) is 10.2. The van der Waals surface area contributed by atoms with Crippen molar-refractivity contribution < 1.29 is 24.5 Å². The molecule has 0 fully saturated rings. The second-order valence-electron chi connectivity index (χ2n) is 5.27. The highest BCUT2D eigenvalue weighted by atomic mass is 32.2. The number of amides is 1. The molecule has 130 valence electrons. The van der Waals surface area contributed by atoms with E-state index in [-0.39, 0.29) is 25.2 Å². The lowest BCUT2D eigenvalue weighted by atomic mass is 10.2. The fourth-order valence-corrected chi connectivity index (χ4v) is 2.36. The van der Waals surface area contributed by atoms with Crippen molar-refractivity contribution in [3.8, 4) is 0 Å². The van der Waals surface area contributed by atoms with Crippen LogP contribution in [0.15, 0.2) is 0 Å². The number of carbonyl (C=O) groups is 2. The highest BCUT2D eigenvalue weighted by molar-refractivity contribution is 7.99. The highest BCUT2D eigenvalue weighted by Crippen LogP contribution is 2.07. The van der Waals surface area contributed by atoms with Crippen LogP contribution in [0.25, 0.3) is 0 Å². The Morgan fingerprint density at radius 2 is 1.86 bits per heavy atom. The molecule has 0 aliphatic heterocycles. The molecular formula is C13H27N3O5S. The van der Waals surface area contributed by atoms with Crippen molar-refractivity contribution in [1.29, 1.82) is 0 Å². The first-order valence-electron chi connectivity index (χ1n) is 7.12. The van der Waals surface area contributed by atoms with Gasteiger partial charge >= 0.3 is 5.97 Å². The van der Waals surface area contributed by atoms with Crippen molar-refractivity contribution in [1.82, 2.24) is 5.32 Å². The molecule has 0 spiro atoms. The summed E-state index contributed by atoms with van der Waals surface area (Å²) in [6.07, 6.45) is -0.361. The maximum absolute atomic E-state index is 11.5. The van der Waals surface area contributed by atoms with Crippen LogP contribution < -0.4 is 16.8 Å². The summed E-state index contributed by atoms with van der Waals surface area (Å²) in [5, 5.41) is 21.0. The van der Waals surface area contributed by atoms with Crippen LogP contribution in [0.1, 0.15) is 20.3 Å². The lowest BCUT2D eigenvalue weighted by Crippen LogP contribution is -2.46. The van der Waals surface area contributed by atoms with E-state index in [1.165, 1.54) is 11.8 Å². The number of nitrogens with two attached hydrogens (primary N) is 2. The zero-order valence-electron chi connectivity index (χ0n) is 13.0. The predicted molar refractivity (Wildman–Crippen MR) is 85.6 cm³/mol. The van der Waals surface area contributed by atoms with E-state index >= 15 is 0 Å². The van der Waals surface area contributed by atoms with E-state index < -0.39 is 24.2 Å². The van der Waals surface area contributed by atoms with Gasteiger partial charge in [-0.1, -0.05) is 0 Å². The number of hydrogen-bond donors (Lipinski definition) is 5. The number of carboxylic acid groups (broad SMARTS) is 1. The largest absolute Gasteiger partial charge is 0.480 e. The summed E-state index contributed by atoms with van der Waals surface area (Å²) in [7, 11) is 0. The third-order valence-electron chi connectivity index (χ3n) is 2.58. The summed E-state index contributed by atoms with van der Waals surface area (Å²) in [6.45, 7) is 3.77. The van der Waals surface area contributed by atoms with Gasteiger partial charge in [0.1, 0.15) is 12.1 Å². The molecule has 0 aromatic heterocycles. The SMILES string of the molecule is CC(C)NC(=O)C(N)COCC(O)CSCC[C@H](N)C(=O)O. The Labute approximate surface area is 134 Å². The lowest BCUT2D eigenvalue weighted by Gasteiger charge is -2.16. The number of rotatable bonds is 12.